The molecule has 30 rings (SSSR count). The molecule has 0 spiro atoms. The maximum absolute atomic E-state index is 6.37. The van der Waals surface area contributed by atoms with E-state index in [9.17, 15) is 0 Å². The molecule has 23 aromatic carbocycles. The van der Waals surface area contributed by atoms with Gasteiger partial charge >= 0.3 is 0 Å². The summed E-state index contributed by atoms with van der Waals surface area (Å²) in [7, 11) is 0. The normalized spacial score (nSPS) is 12.2. The molecule has 0 saturated heterocycles. The van der Waals surface area contributed by atoms with Gasteiger partial charge in [-0.1, -0.05) is 426 Å². The highest BCUT2D eigenvalue weighted by Crippen LogP contribution is 2.51. The van der Waals surface area contributed by atoms with E-state index in [1.54, 1.807) is 0 Å². The predicted octanol–water partition coefficient (Wildman–Crippen LogP) is 37.5. The molecule has 0 bridgehead atoms. The molecule has 6 heterocycles. The van der Waals surface area contributed by atoms with Crippen molar-refractivity contribution in [3.05, 3.63) is 509 Å². The Morgan fingerprint density at radius 3 is 0.899 bits per heavy atom. The van der Waals surface area contributed by atoms with Crippen molar-refractivity contribution in [2.75, 3.05) is 0 Å². The summed E-state index contributed by atoms with van der Waals surface area (Å²) < 4.78 is 19.1. The van der Waals surface area contributed by atoms with E-state index in [4.69, 9.17) is 43.2 Å². The first kappa shape index (κ1) is 86.4. The van der Waals surface area contributed by atoms with Crippen LogP contribution in [0.2, 0.25) is 0 Å². The molecular formula is C139H88N6O3. The van der Waals surface area contributed by atoms with Crippen molar-refractivity contribution in [1.29, 1.82) is 0 Å². The van der Waals surface area contributed by atoms with Crippen LogP contribution in [0.25, 0.3) is 287 Å². The van der Waals surface area contributed by atoms with Crippen molar-refractivity contribution in [2.24, 2.45) is 0 Å². The van der Waals surface area contributed by atoms with Gasteiger partial charge in [-0.05, 0) is 201 Å². The molecule has 692 valence electrons. The molecule has 0 N–H and O–H groups in total. The van der Waals surface area contributed by atoms with E-state index in [1.807, 2.05) is 54.6 Å². The third-order valence-electron chi connectivity index (χ3n) is 29.9. The monoisotopic (exact) mass is 1890 g/mol. The molecule has 0 radical (unpaired) electrons. The first-order valence-corrected chi connectivity index (χ1v) is 50.3. The molecule has 0 atom stereocenters. The summed E-state index contributed by atoms with van der Waals surface area (Å²) in [5, 5.41) is 19.3. The molecule has 0 aliphatic heterocycles. The quantitative estimate of drug-likeness (QED) is 0.118. The molecular weight excluding hydrogens is 1800 g/mol. The number of furan rings is 3. The van der Waals surface area contributed by atoms with Crippen LogP contribution in [0.1, 0.15) is 25.0 Å². The van der Waals surface area contributed by atoms with E-state index in [2.05, 4.69) is 457 Å². The highest BCUT2D eigenvalue weighted by molar-refractivity contribution is 6.21. The fraction of sp³-hybridized carbons (Fsp3) is 0.0216. The van der Waals surface area contributed by atoms with Gasteiger partial charge in [0.1, 0.15) is 33.5 Å². The van der Waals surface area contributed by atoms with Gasteiger partial charge in [0, 0.05) is 103 Å². The lowest BCUT2D eigenvalue weighted by Crippen LogP contribution is -2.15. The highest BCUT2D eigenvalue weighted by atomic mass is 16.3. The summed E-state index contributed by atoms with van der Waals surface area (Å²) in [6, 6.07) is 175. The Morgan fingerprint density at radius 2 is 0.453 bits per heavy atom. The topological polar surface area (TPSA) is 117 Å². The van der Waals surface area contributed by atoms with Crippen molar-refractivity contribution >= 4 is 142 Å². The van der Waals surface area contributed by atoms with Gasteiger partial charge in [0.25, 0.3) is 0 Å². The lowest BCUT2D eigenvalue weighted by atomic mass is 9.82. The number of rotatable bonds is 12. The summed E-state index contributed by atoms with van der Waals surface area (Å²) in [5.74, 6) is 2.16. The minimum absolute atomic E-state index is 0.0881. The Labute approximate surface area is 852 Å². The molecule has 0 fully saturated rings. The number of nitrogens with zero attached hydrogens (tertiary/aromatic N) is 6. The van der Waals surface area contributed by atoms with Crippen LogP contribution in [0.5, 0.6) is 0 Å². The number of para-hydroxylation sites is 6. The van der Waals surface area contributed by atoms with Gasteiger partial charge in [0.15, 0.2) is 17.5 Å². The van der Waals surface area contributed by atoms with Gasteiger partial charge in [0.05, 0.1) is 33.6 Å². The van der Waals surface area contributed by atoms with Crippen molar-refractivity contribution in [3.8, 4) is 146 Å². The minimum Gasteiger partial charge on any atom is -0.455 e. The SMILES string of the molecule is CC1(C)c2ccccc2-c2ccc(-c3nc(-c4ccc(-c5cccc6c5ccc5c7ccccc7oc65)cc4)c4ccccc4n3)cc21.c1ccc(-c2cc(-c3ccccc3)cc(-c3nc(-c4ccc(-c5cccc6c5ccc5c7ccccc7oc65)cc4)c4ccccc4n3)c2)cc1.c1ccc2cc(-c3ccc(-c4nc(-c5ccc(-c6cccc7c6ccc6c8ccccc8oc76)cc5)c5ccccc5n4)cc3)ccc2c1. The predicted molar refractivity (Wildman–Crippen MR) is 613 cm³/mol. The first-order valence-electron chi connectivity index (χ1n) is 50.3. The van der Waals surface area contributed by atoms with E-state index < -0.39 is 0 Å². The zero-order chi connectivity index (χ0) is 98.0. The number of hydrogen-bond donors (Lipinski definition) is 0. The van der Waals surface area contributed by atoms with E-state index in [-0.39, 0.29) is 5.41 Å². The second kappa shape index (κ2) is 35.6. The molecule has 29 aromatic rings. The van der Waals surface area contributed by atoms with E-state index in [0.29, 0.717) is 11.6 Å². The number of hydrogen-bond acceptors (Lipinski definition) is 9. The molecule has 0 unspecified atom stereocenters. The van der Waals surface area contributed by atoms with Gasteiger partial charge in [-0.2, -0.15) is 0 Å². The van der Waals surface area contributed by atoms with Gasteiger partial charge in [-0.25, -0.2) is 29.9 Å². The van der Waals surface area contributed by atoms with Crippen molar-refractivity contribution in [3.63, 3.8) is 0 Å². The number of fused-ring (bicyclic) bond motifs is 22. The molecule has 148 heavy (non-hydrogen) atoms. The van der Waals surface area contributed by atoms with Crippen molar-refractivity contribution in [1.82, 2.24) is 29.9 Å². The lowest BCUT2D eigenvalue weighted by Gasteiger charge is -2.21. The Balaban J connectivity index is 0.000000107. The van der Waals surface area contributed by atoms with Crippen molar-refractivity contribution < 1.29 is 13.3 Å². The zero-order valence-corrected chi connectivity index (χ0v) is 80.8. The summed E-state index contributed by atoms with van der Waals surface area (Å²) >= 11 is 0. The smallest absolute Gasteiger partial charge is 0.160 e. The van der Waals surface area contributed by atoms with Crippen LogP contribution in [0.15, 0.2) is 511 Å². The summed E-state index contributed by atoms with van der Waals surface area (Å²) in [5.41, 5.74) is 36.3. The maximum atomic E-state index is 6.37. The fourth-order valence-electron chi connectivity index (χ4n) is 22.5. The molecule has 1 aliphatic rings. The van der Waals surface area contributed by atoms with Crippen LogP contribution in [0, 0.1) is 0 Å². The Bertz CT molecular complexity index is 10300. The fourth-order valence-corrected chi connectivity index (χ4v) is 22.5. The van der Waals surface area contributed by atoms with Gasteiger partial charge < -0.3 is 13.3 Å². The van der Waals surface area contributed by atoms with Crippen LogP contribution >= 0.6 is 0 Å². The largest absolute Gasteiger partial charge is 0.455 e. The Morgan fingerprint density at radius 1 is 0.155 bits per heavy atom. The lowest BCUT2D eigenvalue weighted by molar-refractivity contribution is 0.660. The molecule has 1 aliphatic carbocycles. The average molecular weight is 1890 g/mol. The maximum Gasteiger partial charge on any atom is 0.160 e. The van der Waals surface area contributed by atoms with Crippen molar-refractivity contribution in [2.45, 2.75) is 19.3 Å². The first-order chi connectivity index (χ1) is 73.1. The number of benzene rings is 23. The Hall–Kier alpha value is -19.5. The summed E-state index contributed by atoms with van der Waals surface area (Å²) in [4.78, 5) is 30.9. The number of aromatic nitrogens is 6. The van der Waals surface area contributed by atoms with Crippen LogP contribution in [0.4, 0.5) is 0 Å². The summed E-state index contributed by atoms with van der Waals surface area (Å²) in [6.45, 7) is 4.62. The van der Waals surface area contributed by atoms with Gasteiger partial charge in [0.2, 0.25) is 0 Å². The minimum atomic E-state index is -0.0881. The molecule has 9 heteroatoms. The molecule has 0 saturated carbocycles. The average Bonchev–Trinajstić information content (AvgIpc) is 1.57. The van der Waals surface area contributed by atoms with E-state index in [0.717, 1.165) is 210 Å². The third-order valence-corrected chi connectivity index (χ3v) is 29.9. The molecule has 6 aromatic heterocycles. The van der Waals surface area contributed by atoms with Crippen LogP contribution in [0.3, 0.4) is 0 Å². The zero-order valence-electron chi connectivity index (χ0n) is 80.8. The standard InChI is InChI=1S/C48H30N2O.C46H28N2O.C45H30N2O/c1-3-12-31(13-4-1)35-28-36(32-14-5-2-6-15-32)30-37(29-35)48-49-44-20-9-7-17-43(44)46(50-48)34-24-22-33(23-25-34)38-18-11-19-41-39(38)26-27-42-40-16-8-10-21-45(40)51-47(41)42;1-2-9-34-28-35(25-18-29(34)8-1)30-16-23-33(24-17-30)46-47-42-14-5-3-11-41(42)44(48-46)32-21-19-31(20-22-32)36-12-7-13-39-37(36)26-27-40-38-10-4-6-15-43(38)49-45(39)40;1-45(2)38-15-6-3-10-32(38)33-23-22-29(26-39(33)45)44-46-40-16-7-4-12-37(40)42(47-44)28-20-18-27(19-21-28)30-13-9-14-35-31(30)24-25-36-34-11-5-8-17-41(34)48-43(35)36/h1-30H;1-28H;3-26H,1-2H3. The van der Waals surface area contributed by atoms with Crippen LogP contribution < -0.4 is 0 Å². The van der Waals surface area contributed by atoms with Crippen LogP contribution in [-0.2, 0) is 5.41 Å². The second-order valence-corrected chi connectivity index (χ2v) is 38.9. The van der Waals surface area contributed by atoms with Crippen LogP contribution in [-0.4, -0.2) is 29.9 Å². The highest BCUT2D eigenvalue weighted by Gasteiger charge is 2.36. The third kappa shape index (κ3) is 15.1. The van der Waals surface area contributed by atoms with E-state index in [1.165, 1.54) is 77.0 Å². The van der Waals surface area contributed by atoms with Gasteiger partial charge in [-0.3, -0.25) is 0 Å². The molecule has 9 nitrogen and oxygen atoms in total. The Kier molecular flexibility index (Phi) is 20.8. The molecule has 0 amide bonds. The van der Waals surface area contributed by atoms with E-state index >= 15 is 0 Å². The van der Waals surface area contributed by atoms with Gasteiger partial charge in [-0.15, -0.1) is 0 Å². The summed E-state index contributed by atoms with van der Waals surface area (Å²) in [6.07, 6.45) is 0. The second-order valence-electron chi connectivity index (χ2n) is 38.9.